The standard InChI is InChI=1S/C20H19N3O2S2/c1-12(20-22-14-8-4-6-10-16(14)27-20)23(2)18(24)11-17-19(25)21-13-7-3-5-9-15(13)26-17/h3-10,12,17H,11H2,1-2H3,(H,21,25)/t12-,17-/m1/s1. The molecule has 1 aromatic heterocycles. The first kappa shape index (κ1) is 18.0. The molecular weight excluding hydrogens is 378 g/mol. The number of para-hydroxylation sites is 2. The Hall–Kier alpha value is -2.38. The Morgan fingerprint density at radius 1 is 1.22 bits per heavy atom. The second kappa shape index (κ2) is 7.32. The third kappa shape index (κ3) is 3.57. The molecule has 0 bridgehead atoms. The van der Waals surface area contributed by atoms with Gasteiger partial charge in [0, 0.05) is 18.4 Å². The van der Waals surface area contributed by atoms with E-state index in [2.05, 4.69) is 10.3 Å². The quantitative estimate of drug-likeness (QED) is 0.712. The number of amides is 2. The third-order valence-electron chi connectivity index (χ3n) is 4.71. The lowest BCUT2D eigenvalue weighted by Crippen LogP contribution is -2.36. The molecule has 0 saturated carbocycles. The Morgan fingerprint density at radius 3 is 2.78 bits per heavy atom. The van der Waals surface area contributed by atoms with Crippen LogP contribution in [-0.4, -0.2) is 34.0 Å². The van der Waals surface area contributed by atoms with Gasteiger partial charge in [0.25, 0.3) is 0 Å². The molecule has 1 aliphatic rings. The number of carbonyl (C=O) groups is 2. The van der Waals surface area contributed by atoms with Crippen LogP contribution in [-0.2, 0) is 9.59 Å². The molecule has 1 N–H and O–H groups in total. The summed E-state index contributed by atoms with van der Waals surface area (Å²) in [6.07, 6.45) is 0.163. The Kier molecular flexibility index (Phi) is 4.88. The Balaban J connectivity index is 1.46. The molecule has 2 amide bonds. The fourth-order valence-corrected chi connectivity index (χ4v) is 5.14. The van der Waals surface area contributed by atoms with Crippen molar-refractivity contribution < 1.29 is 9.59 Å². The number of anilines is 1. The highest BCUT2D eigenvalue weighted by atomic mass is 32.2. The predicted molar refractivity (Wildman–Crippen MR) is 110 cm³/mol. The van der Waals surface area contributed by atoms with E-state index in [-0.39, 0.29) is 24.3 Å². The Bertz CT molecular complexity index is 984. The number of benzene rings is 2. The van der Waals surface area contributed by atoms with E-state index in [9.17, 15) is 9.59 Å². The van der Waals surface area contributed by atoms with Crippen molar-refractivity contribution >= 4 is 50.8 Å². The van der Waals surface area contributed by atoms with Crippen molar-refractivity contribution in [2.75, 3.05) is 12.4 Å². The van der Waals surface area contributed by atoms with Crippen molar-refractivity contribution in [1.82, 2.24) is 9.88 Å². The van der Waals surface area contributed by atoms with Crippen molar-refractivity contribution in [2.24, 2.45) is 0 Å². The van der Waals surface area contributed by atoms with Crippen LogP contribution in [0.2, 0.25) is 0 Å². The molecule has 3 aromatic rings. The van der Waals surface area contributed by atoms with Gasteiger partial charge in [-0.25, -0.2) is 4.98 Å². The van der Waals surface area contributed by atoms with Gasteiger partial charge in [-0.2, -0.15) is 0 Å². The van der Waals surface area contributed by atoms with Gasteiger partial charge in [-0.3, -0.25) is 9.59 Å². The summed E-state index contributed by atoms with van der Waals surface area (Å²) in [5, 5.41) is 3.37. The lowest BCUT2D eigenvalue weighted by molar-refractivity contribution is -0.133. The zero-order chi connectivity index (χ0) is 19.0. The number of aromatic nitrogens is 1. The van der Waals surface area contributed by atoms with Crippen molar-refractivity contribution in [3.63, 3.8) is 0 Å². The summed E-state index contributed by atoms with van der Waals surface area (Å²) >= 11 is 3.05. The fourth-order valence-electron chi connectivity index (χ4n) is 2.98. The summed E-state index contributed by atoms with van der Waals surface area (Å²) in [6, 6.07) is 15.5. The minimum Gasteiger partial charge on any atom is -0.337 e. The molecule has 0 fully saturated rings. The van der Waals surface area contributed by atoms with Gasteiger partial charge in [0.2, 0.25) is 11.8 Å². The molecule has 0 spiro atoms. The van der Waals surface area contributed by atoms with Gasteiger partial charge in [0.15, 0.2) is 0 Å². The van der Waals surface area contributed by atoms with E-state index in [4.69, 9.17) is 0 Å². The minimum absolute atomic E-state index is 0.0613. The highest BCUT2D eigenvalue weighted by Crippen LogP contribution is 2.37. The van der Waals surface area contributed by atoms with E-state index in [0.717, 1.165) is 25.8 Å². The molecule has 0 saturated heterocycles. The SMILES string of the molecule is C[C@H](c1nc2ccccc2s1)N(C)C(=O)C[C@H]1Sc2ccccc2NC1=O. The molecule has 0 unspecified atom stereocenters. The van der Waals surface area contributed by atoms with Crippen LogP contribution in [0.1, 0.15) is 24.4 Å². The van der Waals surface area contributed by atoms with Gasteiger partial charge >= 0.3 is 0 Å². The molecule has 2 aromatic carbocycles. The van der Waals surface area contributed by atoms with Crippen LogP contribution in [0.4, 0.5) is 5.69 Å². The zero-order valence-electron chi connectivity index (χ0n) is 15.0. The number of nitrogens with zero attached hydrogens (tertiary/aromatic N) is 2. The predicted octanol–water partition coefficient (Wildman–Crippen LogP) is 4.32. The maximum atomic E-state index is 12.8. The summed E-state index contributed by atoms with van der Waals surface area (Å²) in [5.41, 5.74) is 1.76. The smallest absolute Gasteiger partial charge is 0.238 e. The number of fused-ring (bicyclic) bond motifs is 2. The monoisotopic (exact) mass is 397 g/mol. The minimum atomic E-state index is -0.419. The van der Waals surface area contributed by atoms with E-state index in [1.807, 2.05) is 55.5 Å². The fraction of sp³-hybridized carbons (Fsp3) is 0.250. The van der Waals surface area contributed by atoms with Crippen LogP contribution in [0.25, 0.3) is 10.2 Å². The van der Waals surface area contributed by atoms with Crippen LogP contribution >= 0.6 is 23.1 Å². The number of thiazole rings is 1. The van der Waals surface area contributed by atoms with Crippen molar-refractivity contribution in [3.8, 4) is 0 Å². The molecule has 2 atom stereocenters. The summed E-state index contributed by atoms with van der Waals surface area (Å²) in [7, 11) is 1.78. The Morgan fingerprint density at radius 2 is 1.96 bits per heavy atom. The van der Waals surface area contributed by atoms with Gasteiger partial charge in [0.1, 0.15) is 5.01 Å². The van der Waals surface area contributed by atoms with Crippen LogP contribution in [0.15, 0.2) is 53.4 Å². The van der Waals surface area contributed by atoms with E-state index >= 15 is 0 Å². The molecule has 5 nitrogen and oxygen atoms in total. The van der Waals surface area contributed by atoms with E-state index in [1.54, 1.807) is 23.3 Å². The molecule has 2 heterocycles. The second-order valence-electron chi connectivity index (χ2n) is 6.50. The molecular formula is C20H19N3O2S2. The average Bonchev–Trinajstić information content (AvgIpc) is 3.11. The zero-order valence-corrected chi connectivity index (χ0v) is 16.6. The first-order valence-corrected chi connectivity index (χ1v) is 10.4. The summed E-state index contributed by atoms with van der Waals surface area (Å²) in [6.45, 7) is 1.97. The maximum Gasteiger partial charge on any atom is 0.238 e. The largest absolute Gasteiger partial charge is 0.337 e. The highest BCUT2D eigenvalue weighted by Gasteiger charge is 2.31. The number of nitrogens with one attached hydrogen (secondary N) is 1. The summed E-state index contributed by atoms with van der Waals surface area (Å²) in [4.78, 5) is 32.5. The van der Waals surface area contributed by atoms with Crippen LogP contribution in [0.3, 0.4) is 0 Å². The third-order valence-corrected chi connectivity index (χ3v) is 7.19. The lowest BCUT2D eigenvalue weighted by atomic mass is 10.2. The molecule has 4 rings (SSSR count). The topological polar surface area (TPSA) is 62.3 Å². The Labute approximate surface area is 165 Å². The summed E-state index contributed by atoms with van der Waals surface area (Å²) < 4.78 is 1.11. The average molecular weight is 398 g/mol. The van der Waals surface area contributed by atoms with Crippen molar-refractivity contribution in [2.45, 2.75) is 29.5 Å². The highest BCUT2D eigenvalue weighted by molar-refractivity contribution is 8.01. The van der Waals surface area contributed by atoms with Crippen molar-refractivity contribution in [3.05, 3.63) is 53.5 Å². The van der Waals surface area contributed by atoms with E-state index in [1.165, 1.54) is 11.8 Å². The number of thioether (sulfide) groups is 1. The molecule has 7 heteroatoms. The molecule has 1 aliphatic heterocycles. The molecule has 138 valence electrons. The van der Waals surface area contributed by atoms with Gasteiger partial charge in [-0.15, -0.1) is 23.1 Å². The molecule has 27 heavy (non-hydrogen) atoms. The molecule has 0 aliphatic carbocycles. The van der Waals surface area contributed by atoms with Crippen molar-refractivity contribution in [1.29, 1.82) is 0 Å². The van der Waals surface area contributed by atoms with Crippen LogP contribution in [0, 0.1) is 0 Å². The second-order valence-corrected chi connectivity index (χ2v) is 8.80. The number of hydrogen-bond donors (Lipinski definition) is 1. The van der Waals surface area contributed by atoms with Gasteiger partial charge in [-0.1, -0.05) is 24.3 Å². The van der Waals surface area contributed by atoms with Gasteiger partial charge in [0.05, 0.1) is 27.2 Å². The molecule has 0 radical (unpaired) electrons. The maximum absolute atomic E-state index is 12.8. The lowest BCUT2D eigenvalue weighted by Gasteiger charge is -2.27. The number of rotatable bonds is 4. The van der Waals surface area contributed by atoms with Gasteiger partial charge < -0.3 is 10.2 Å². The van der Waals surface area contributed by atoms with E-state index in [0.29, 0.717) is 0 Å². The number of carbonyl (C=O) groups excluding carboxylic acids is 2. The van der Waals surface area contributed by atoms with Crippen LogP contribution in [0.5, 0.6) is 0 Å². The number of hydrogen-bond acceptors (Lipinski definition) is 5. The first-order chi connectivity index (χ1) is 13.0. The summed E-state index contributed by atoms with van der Waals surface area (Å²) in [5.74, 6) is -0.179. The first-order valence-electron chi connectivity index (χ1n) is 8.70. The van der Waals surface area contributed by atoms with Gasteiger partial charge in [-0.05, 0) is 31.2 Å². The van der Waals surface area contributed by atoms with Crippen LogP contribution < -0.4 is 5.32 Å². The van der Waals surface area contributed by atoms with E-state index < -0.39 is 5.25 Å². The normalized spacial score (nSPS) is 17.3.